The number of carbonyl (C=O) groups excluding carboxylic acids is 1. The lowest BCUT2D eigenvalue weighted by molar-refractivity contribution is 0.209. The molecule has 0 heterocycles. The van der Waals surface area contributed by atoms with Crippen molar-refractivity contribution in [2.24, 2.45) is 5.84 Å². The van der Waals surface area contributed by atoms with Crippen LogP contribution < -0.4 is 11.3 Å². The molecular formula is C10H14FN3O. The standard InChI is InChI=1S/C10H14FN3O/c1-14(10(15)13-12)7-6-8-2-4-9(11)5-3-8/h2-5H,6-7,12H2,1H3,(H,13,15). The average molecular weight is 211 g/mol. The van der Waals surface area contributed by atoms with E-state index in [2.05, 4.69) is 0 Å². The first kappa shape index (κ1) is 11.5. The van der Waals surface area contributed by atoms with Crippen LogP contribution >= 0.6 is 0 Å². The summed E-state index contributed by atoms with van der Waals surface area (Å²) in [7, 11) is 1.64. The number of urea groups is 1. The molecule has 82 valence electrons. The number of carbonyl (C=O) groups is 1. The first-order valence-electron chi connectivity index (χ1n) is 4.59. The minimum absolute atomic E-state index is 0.258. The monoisotopic (exact) mass is 211 g/mol. The first-order valence-corrected chi connectivity index (χ1v) is 4.59. The lowest BCUT2D eigenvalue weighted by Gasteiger charge is -2.15. The number of hydrogen-bond acceptors (Lipinski definition) is 2. The number of nitrogens with one attached hydrogen (secondary N) is 1. The summed E-state index contributed by atoms with van der Waals surface area (Å²) >= 11 is 0. The quantitative estimate of drug-likeness (QED) is 0.443. The van der Waals surface area contributed by atoms with E-state index in [-0.39, 0.29) is 11.8 Å². The van der Waals surface area contributed by atoms with Gasteiger partial charge in [-0.1, -0.05) is 12.1 Å². The smallest absolute Gasteiger partial charge is 0.326 e. The van der Waals surface area contributed by atoms with Gasteiger partial charge in [0, 0.05) is 13.6 Å². The predicted octanol–water partition coefficient (Wildman–Crippen LogP) is 0.883. The van der Waals surface area contributed by atoms with Crippen LogP contribution in [0.2, 0.25) is 0 Å². The summed E-state index contributed by atoms with van der Waals surface area (Å²) in [6.45, 7) is 0.536. The second-order valence-corrected chi connectivity index (χ2v) is 3.25. The summed E-state index contributed by atoms with van der Waals surface area (Å²) in [6.07, 6.45) is 0.671. The highest BCUT2D eigenvalue weighted by Gasteiger charge is 2.05. The van der Waals surface area contributed by atoms with Crippen molar-refractivity contribution in [1.82, 2.24) is 10.3 Å². The molecule has 4 nitrogen and oxygen atoms in total. The second kappa shape index (κ2) is 5.31. The summed E-state index contributed by atoms with van der Waals surface area (Å²) < 4.78 is 12.6. The Bertz CT molecular complexity index is 326. The molecule has 0 spiro atoms. The molecule has 1 rings (SSSR count). The molecule has 0 atom stereocenters. The van der Waals surface area contributed by atoms with Crippen molar-refractivity contribution in [3.8, 4) is 0 Å². The van der Waals surface area contributed by atoms with E-state index in [0.717, 1.165) is 5.56 Å². The molecule has 0 radical (unpaired) electrons. The van der Waals surface area contributed by atoms with E-state index in [1.165, 1.54) is 17.0 Å². The number of benzene rings is 1. The van der Waals surface area contributed by atoms with Crippen molar-refractivity contribution in [2.75, 3.05) is 13.6 Å². The number of halogens is 1. The molecule has 0 unspecified atom stereocenters. The molecule has 3 N–H and O–H groups in total. The van der Waals surface area contributed by atoms with Crippen LogP contribution in [0.5, 0.6) is 0 Å². The number of amides is 2. The van der Waals surface area contributed by atoms with Crippen molar-refractivity contribution in [2.45, 2.75) is 6.42 Å². The van der Waals surface area contributed by atoms with Crippen molar-refractivity contribution in [1.29, 1.82) is 0 Å². The SMILES string of the molecule is CN(CCc1ccc(F)cc1)C(=O)NN. The van der Waals surface area contributed by atoms with Gasteiger partial charge in [0.1, 0.15) is 5.82 Å². The molecule has 0 bridgehead atoms. The maximum atomic E-state index is 12.6. The fourth-order valence-electron chi connectivity index (χ4n) is 1.16. The van der Waals surface area contributed by atoms with Crippen LogP contribution in [-0.4, -0.2) is 24.5 Å². The number of hydrazine groups is 1. The van der Waals surface area contributed by atoms with E-state index < -0.39 is 0 Å². The van der Waals surface area contributed by atoms with Crippen molar-refractivity contribution in [3.63, 3.8) is 0 Å². The van der Waals surface area contributed by atoms with Gasteiger partial charge in [0.05, 0.1) is 0 Å². The number of nitrogens with zero attached hydrogens (tertiary/aromatic N) is 1. The van der Waals surface area contributed by atoms with E-state index in [4.69, 9.17) is 5.84 Å². The first-order chi connectivity index (χ1) is 7.13. The zero-order valence-corrected chi connectivity index (χ0v) is 8.53. The van der Waals surface area contributed by atoms with Gasteiger partial charge >= 0.3 is 6.03 Å². The molecular weight excluding hydrogens is 197 g/mol. The Kier molecular flexibility index (Phi) is 4.05. The normalized spacial score (nSPS) is 9.80. The molecule has 0 fully saturated rings. The van der Waals surface area contributed by atoms with Crippen molar-refractivity contribution >= 4 is 6.03 Å². The molecule has 5 heteroatoms. The van der Waals surface area contributed by atoms with Crippen LogP contribution in [0.3, 0.4) is 0 Å². The van der Waals surface area contributed by atoms with E-state index in [1.54, 1.807) is 19.2 Å². The second-order valence-electron chi connectivity index (χ2n) is 3.25. The van der Waals surface area contributed by atoms with Crippen LogP contribution in [0.25, 0.3) is 0 Å². The number of hydrogen-bond donors (Lipinski definition) is 2. The largest absolute Gasteiger partial charge is 0.331 e. The van der Waals surface area contributed by atoms with Crippen LogP contribution in [0.4, 0.5) is 9.18 Å². The van der Waals surface area contributed by atoms with E-state index >= 15 is 0 Å². The molecule has 0 aliphatic heterocycles. The maximum absolute atomic E-state index is 12.6. The van der Waals surface area contributed by atoms with Gasteiger partial charge < -0.3 is 4.90 Å². The van der Waals surface area contributed by atoms with Crippen LogP contribution in [0.15, 0.2) is 24.3 Å². The molecule has 0 saturated carbocycles. The Balaban J connectivity index is 2.43. The number of nitrogens with two attached hydrogens (primary N) is 1. The van der Waals surface area contributed by atoms with Crippen LogP contribution in [-0.2, 0) is 6.42 Å². The van der Waals surface area contributed by atoms with Crippen molar-refractivity contribution in [3.05, 3.63) is 35.6 Å². The lowest BCUT2D eigenvalue weighted by atomic mass is 10.1. The summed E-state index contributed by atoms with van der Waals surface area (Å²) in [6, 6.07) is 5.86. The Labute approximate surface area is 87.8 Å². The summed E-state index contributed by atoms with van der Waals surface area (Å²) in [5.74, 6) is 4.71. The van der Waals surface area contributed by atoms with Gasteiger partial charge in [-0.2, -0.15) is 0 Å². The van der Waals surface area contributed by atoms with E-state index in [1.807, 2.05) is 5.43 Å². The topological polar surface area (TPSA) is 58.4 Å². The lowest BCUT2D eigenvalue weighted by Crippen LogP contribution is -2.41. The minimum Gasteiger partial charge on any atom is -0.326 e. The van der Waals surface area contributed by atoms with Crippen LogP contribution in [0.1, 0.15) is 5.56 Å². The zero-order valence-electron chi connectivity index (χ0n) is 8.53. The molecule has 1 aromatic rings. The third-order valence-electron chi connectivity index (χ3n) is 2.12. The summed E-state index contributed by atoms with van der Waals surface area (Å²) in [5.41, 5.74) is 3.02. The molecule has 0 aliphatic carbocycles. The molecule has 0 aliphatic rings. The molecule has 0 aromatic heterocycles. The molecule has 0 saturated heterocycles. The van der Waals surface area contributed by atoms with E-state index in [9.17, 15) is 9.18 Å². The Morgan fingerprint density at radius 1 is 1.47 bits per heavy atom. The molecule has 15 heavy (non-hydrogen) atoms. The summed E-state index contributed by atoms with van der Waals surface area (Å²) in [4.78, 5) is 12.5. The Morgan fingerprint density at radius 3 is 2.60 bits per heavy atom. The third-order valence-corrected chi connectivity index (χ3v) is 2.12. The van der Waals surface area contributed by atoms with Gasteiger partial charge in [0.2, 0.25) is 0 Å². The number of rotatable bonds is 3. The zero-order chi connectivity index (χ0) is 11.3. The Morgan fingerprint density at radius 2 is 2.07 bits per heavy atom. The highest BCUT2D eigenvalue weighted by Crippen LogP contribution is 2.03. The number of likely N-dealkylation sites (N-methyl/N-ethyl adjacent to an activating group) is 1. The fourth-order valence-corrected chi connectivity index (χ4v) is 1.16. The third kappa shape index (κ3) is 3.55. The predicted molar refractivity (Wildman–Crippen MR) is 55.5 cm³/mol. The van der Waals surface area contributed by atoms with Gasteiger partial charge in [-0.05, 0) is 24.1 Å². The van der Waals surface area contributed by atoms with Crippen LogP contribution in [0, 0.1) is 5.82 Å². The summed E-state index contributed by atoms with van der Waals surface area (Å²) in [5, 5.41) is 0. The van der Waals surface area contributed by atoms with Gasteiger partial charge in [-0.3, -0.25) is 5.43 Å². The maximum Gasteiger partial charge on any atom is 0.331 e. The Hall–Kier alpha value is -1.62. The van der Waals surface area contributed by atoms with Gasteiger partial charge in [-0.25, -0.2) is 15.0 Å². The molecule has 2 amide bonds. The van der Waals surface area contributed by atoms with Gasteiger partial charge in [-0.15, -0.1) is 0 Å². The highest BCUT2D eigenvalue weighted by atomic mass is 19.1. The average Bonchev–Trinajstić information content (AvgIpc) is 2.26. The minimum atomic E-state index is -0.336. The van der Waals surface area contributed by atoms with Gasteiger partial charge in [0.15, 0.2) is 0 Å². The van der Waals surface area contributed by atoms with E-state index in [0.29, 0.717) is 13.0 Å². The van der Waals surface area contributed by atoms with Gasteiger partial charge in [0.25, 0.3) is 0 Å². The highest BCUT2D eigenvalue weighted by molar-refractivity contribution is 5.73. The fraction of sp³-hybridized carbons (Fsp3) is 0.300. The molecule has 1 aromatic carbocycles. The van der Waals surface area contributed by atoms with Crippen molar-refractivity contribution < 1.29 is 9.18 Å².